The van der Waals surface area contributed by atoms with Crippen molar-refractivity contribution in [2.45, 2.75) is 19.3 Å². The van der Waals surface area contributed by atoms with E-state index in [1.807, 2.05) is 11.3 Å². The van der Waals surface area contributed by atoms with E-state index in [9.17, 15) is 0 Å². The van der Waals surface area contributed by atoms with Crippen LogP contribution in [0.3, 0.4) is 0 Å². The van der Waals surface area contributed by atoms with Gasteiger partial charge in [0.1, 0.15) is 0 Å². The van der Waals surface area contributed by atoms with E-state index in [2.05, 4.69) is 177 Å². The minimum atomic E-state index is 0.498. The predicted molar refractivity (Wildman–Crippen MR) is 218 cm³/mol. The molecule has 1 atom stereocenters. The normalized spacial score (nSPS) is 14.3. The summed E-state index contributed by atoms with van der Waals surface area (Å²) < 4.78 is 2.68. The Balaban J connectivity index is 1.16. The van der Waals surface area contributed by atoms with Crippen molar-refractivity contribution in [1.82, 2.24) is 0 Å². The Morgan fingerprint density at radius 2 is 0.980 bits per heavy atom. The third-order valence-corrected chi connectivity index (χ3v) is 11.9. The van der Waals surface area contributed by atoms with Crippen molar-refractivity contribution < 1.29 is 0 Å². The van der Waals surface area contributed by atoms with Crippen LogP contribution in [-0.4, -0.2) is 0 Å². The molecule has 8 aromatic carbocycles. The third kappa shape index (κ3) is 4.65. The lowest BCUT2D eigenvalue weighted by molar-refractivity contribution is 0.783. The third-order valence-electron chi connectivity index (χ3n) is 10.7. The molecule has 0 amide bonds. The summed E-state index contributed by atoms with van der Waals surface area (Å²) in [7, 11) is 0. The highest BCUT2D eigenvalue weighted by Gasteiger charge is 2.21. The zero-order valence-corrected chi connectivity index (χ0v) is 28.7. The first-order chi connectivity index (χ1) is 24.7. The topological polar surface area (TPSA) is 0 Å². The van der Waals surface area contributed by atoms with E-state index >= 15 is 0 Å². The molecule has 1 aliphatic carbocycles. The fourth-order valence-corrected chi connectivity index (χ4v) is 9.66. The Morgan fingerprint density at radius 3 is 1.68 bits per heavy atom. The molecule has 50 heavy (non-hydrogen) atoms. The van der Waals surface area contributed by atoms with Crippen molar-refractivity contribution in [3.8, 4) is 33.4 Å². The molecule has 0 radical (unpaired) electrons. The first-order valence-corrected chi connectivity index (χ1v) is 18.4. The van der Waals surface area contributed by atoms with Gasteiger partial charge in [0.25, 0.3) is 0 Å². The van der Waals surface area contributed by atoms with Crippen molar-refractivity contribution in [2.24, 2.45) is 0 Å². The molecule has 0 saturated carbocycles. The van der Waals surface area contributed by atoms with Crippen LogP contribution in [0, 0.1) is 0 Å². The SMILES string of the molecule is CC1CC(c2cccc(-c3c4ccccc4c(-c4cccc(-c5cccc6c5sc5ccccc56)c4)c4ccccc34)c2)=Cc2ccccc21. The van der Waals surface area contributed by atoms with Crippen LogP contribution >= 0.6 is 11.3 Å². The molecule has 0 bridgehead atoms. The second-order valence-corrected chi connectivity index (χ2v) is 14.7. The van der Waals surface area contributed by atoms with Gasteiger partial charge < -0.3 is 0 Å². The molecule has 0 aliphatic heterocycles. The Bertz CT molecular complexity index is 2750. The Morgan fingerprint density at radius 1 is 0.460 bits per heavy atom. The molecular weight excluding hydrogens is 621 g/mol. The van der Waals surface area contributed by atoms with E-state index in [0.29, 0.717) is 5.92 Å². The summed E-state index contributed by atoms with van der Waals surface area (Å²) >= 11 is 1.89. The number of rotatable bonds is 4. The number of benzene rings is 8. The fourth-order valence-electron chi connectivity index (χ4n) is 8.42. The van der Waals surface area contributed by atoms with Crippen LogP contribution in [0.15, 0.2) is 164 Å². The van der Waals surface area contributed by atoms with E-state index in [4.69, 9.17) is 0 Å². The van der Waals surface area contributed by atoms with Gasteiger partial charge in [0.2, 0.25) is 0 Å². The average molecular weight is 655 g/mol. The number of hydrogen-bond donors (Lipinski definition) is 0. The van der Waals surface area contributed by atoms with Gasteiger partial charge in [-0.25, -0.2) is 0 Å². The van der Waals surface area contributed by atoms with E-state index < -0.39 is 0 Å². The summed E-state index contributed by atoms with van der Waals surface area (Å²) in [5.74, 6) is 0.498. The number of fused-ring (bicyclic) bond motifs is 6. The fraction of sp³-hybridized carbons (Fsp3) is 0.0612. The molecule has 0 N–H and O–H groups in total. The van der Waals surface area contributed by atoms with Gasteiger partial charge in [0.15, 0.2) is 0 Å². The van der Waals surface area contributed by atoms with Crippen LogP contribution in [-0.2, 0) is 0 Å². The smallest absolute Gasteiger partial charge is 0.0433 e. The molecule has 0 fully saturated rings. The quantitative estimate of drug-likeness (QED) is 0.166. The van der Waals surface area contributed by atoms with E-state index in [-0.39, 0.29) is 0 Å². The molecule has 1 heterocycles. The number of hydrogen-bond acceptors (Lipinski definition) is 1. The van der Waals surface area contributed by atoms with Crippen LogP contribution in [0.4, 0.5) is 0 Å². The molecule has 236 valence electrons. The van der Waals surface area contributed by atoms with Gasteiger partial charge in [-0.1, -0.05) is 159 Å². The highest BCUT2D eigenvalue weighted by molar-refractivity contribution is 7.26. The van der Waals surface area contributed by atoms with E-state index in [0.717, 1.165) is 6.42 Å². The zero-order valence-electron chi connectivity index (χ0n) is 27.9. The molecular formula is C49H34S. The number of thiophene rings is 1. The molecule has 9 aromatic rings. The van der Waals surface area contributed by atoms with E-state index in [1.165, 1.54) is 97.4 Å². The van der Waals surface area contributed by atoms with Gasteiger partial charge in [0, 0.05) is 20.2 Å². The summed E-state index contributed by atoms with van der Waals surface area (Å²) in [6, 6.07) is 60.8. The highest BCUT2D eigenvalue weighted by Crippen LogP contribution is 2.46. The number of allylic oxidation sites excluding steroid dienone is 1. The van der Waals surface area contributed by atoms with Gasteiger partial charge in [-0.15, -0.1) is 11.3 Å². The Hall–Kier alpha value is -5.76. The molecule has 0 saturated heterocycles. The van der Waals surface area contributed by atoms with Gasteiger partial charge in [-0.3, -0.25) is 0 Å². The molecule has 1 unspecified atom stereocenters. The maximum absolute atomic E-state index is 2.42. The maximum Gasteiger partial charge on any atom is 0.0433 e. The van der Waals surface area contributed by atoms with Crippen LogP contribution < -0.4 is 0 Å². The zero-order chi connectivity index (χ0) is 33.2. The predicted octanol–water partition coefficient (Wildman–Crippen LogP) is 14.4. The minimum Gasteiger partial charge on any atom is -0.135 e. The monoisotopic (exact) mass is 654 g/mol. The van der Waals surface area contributed by atoms with Gasteiger partial charge in [-0.05, 0) is 108 Å². The lowest BCUT2D eigenvalue weighted by Crippen LogP contribution is -2.03. The molecule has 0 nitrogen and oxygen atoms in total. The summed E-state index contributed by atoms with van der Waals surface area (Å²) in [6.07, 6.45) is 3.45. The average Bonchev–Trinajstić information content (AvgIpc) is 3.56. The Labute approximate surface area is 296 Å². The summed E-state index contributed by atoms with van der Waals surface area (Å²) in [5.41, 5.74) is 13.2. The summed E-state index contributed by atoms with van der Waals surface area (Å²) in [4.78, 5) is 0. The lowest BCUT2D eigenvalue weighted by atomic mass is 9.81. The van der Waals surface area contributed by atoms with Crippen LogP contribution in [0.25, 0.3) is 86.7 Å². The van der Waals surface area contributed by atoms with Crippen molar-refractivity contribution >= 4 is 64.7 Å². The van der Waals surface area contributed by atoms with Gasteiger partial charge in [-0.2, -0.15) is 0 Å². The van der Waals surface area contributed by atoms with Crippen molar-refractivity contribution in [3.63, 3.8) is 0 Å². The molecule has 1 aromatic heterocycles. The van der Waals surface area contributed by atoms with Crippen molar-refractivity contribution in [2.75, 3.05) is 0 Å². The summed E-state index contributed by atoms with van der Waals surface area (Å²) in [5, 5.41) is 7.80. The maximum atomic E-state index is 2.42. The van der Waals surface area contributed by atoms with Crippen LogP contribution in [0.1, 0.15) is 36.0 Å². The van der Waals surface area contributed by atoms with Crippen molar-refractivity contribution in [1.29, 1.82) is 0 Å². The van der Waals surface area contributed by atoms with Gasteiger partial charge in [0.05, 0.1) is 0 Å². The molecule has 1 aliphatic rings. The molecule has 10 rings (SSSR count). The first kappa shape index (κ1) is 29.2. The highest BCUT2D eigenvalue weighted by atomic mass is 32.1. The van der Waals surface area contributed by atoms with Crippen LogP contribution in [0.2, 0.25) is 0 Å². The molecule has 0 spiro atoms. The lowest BCUT2D eigenvalue weighted by Gasteiger charge is -2.23. The molecule has 1 heteroatoms. The first-order valence-electron chi connectivity index (χ1n) is 17.6. The van der Waals surface area contributed by atoms with Gasteiger partial charge >= 0.3 is 0 Å². The second-order valence-electron chi connectivity index (χ2n) is 13.7. The second kappa shape index (κ2) is 11.7. The minimum absolute atomic E-state index is 0.498. The largest absolute Gasteiger partial charge is 0.135 e. The Kier molecular flexibility index (Phi) is 6.82. The van der Waals surface area contributed by atoms with Crippen LogP contribution in [0.5, 0.6) is 0 Å². The standard InChI is InChI=1S/C49H34S/c1-31-27-37(30-33-13-2-3-18-38(31)33)32-14-10-16-35(28-32)47-41-20-4-6-22-43(41)48(44-23-7-5-21-42(44)47)36-17-11-15-34(29-36)39-24-12-25-45-40-19-8-9-26-46(40)50-49(39)45/h2-26,28-31H,27H2,1H3. The summed E-state index contributed by atoms with van der Waals surface area (Å²) in [6.45, 7) is 2.35. The van der Waals surface area contributed by atoms with E-state index in [1.54, 1.807) is 0 Å². The van der Waals surface area contributed by atoms with Crippen molar-refractivity contribution in [3.05, 3.63) is 180 Å².